The summed E-state index contributed by atoms with van der Waals surface area (Å²) in [6.07, 6.45) is 1.34. The number of rotatable bonds is 6. The molecule has 178 valence electrons. The SMILES string of the molecule is COc1cc(-n2c(C(C)Nc3ncnc(N)c3-c3nc(C)no3)cc3cccc(C)c3c2=O)[nH]n1. The summed E-state index contributed by atoms with van der Waals surface area (Å²) in [5, 5.41) is 15.6. The minimum absolute atomic E-state index is 0.184. The summed E-state index contributed by atoms with van der Waals surface area (Å²) in [5.74, 6) is 2.05. The van der Waals surface area contributed by atoms with Crippen molar-refractivity contribution in [1.29, 1.82) is 0 Å². The summed E-state index contributed by atoms with van der Waals surface area (Å²) in [6.45, 7) is 5.52. The lowest BCUT2D eigenvalue weighted by Gasteiger charge is -2.21. The van der Waals surface area contributed by atoms with Crippen LogP contribution in [0, 0.1) is 13.8 Å². The summed E-state index contributed by atoms with van der Waals surface area (Å²) < 4.78 is 12.1. The molecule has 0 aliphatic heterocycles. The van der Waals surface area contributed by atoms with E-state index in [9.17, 15) is 4.79 Å². The van der Waals surface area contributed by atoms with E-state index >= 15 is 0 Å². The van der Waals surface area contributed by atoms with Crippen molar-refractivity contribution in [2.45, 2.75) is 26.8 Å². The number of aromatic nitrogens is 7. The van der Waals surface area contributed by atoms with Gasteiger partial charge in [0.2, 0.25) is 5.88 Å². The van der Waals surface area contributed by atoms with Crippen LogP contribution < -0.4 is 21.3 Å². The van der Waals surface area contributed by atoms with Crippen molar-refractivity contribution in [3.8, 4) is 23.2 Å². The van der Waals surface area contributed by atoms with Crippen LogP contribution in [0.1, 0.15) is 30.0 Å². The molecule has 1 unspecified atom stereocenters. The van der Waals surface area contributed by atoms with Crippen LogP contribution in [0.15, 0.2) is 46.0 Å². The van der Waals surface area contributed by atoms with Crippen molar-refractivity contribution in [3.63, 3.8) is 0 Å². The average molecular weight is 473 g/mol. The molecule has 0 aliphatic rings. The smallest absolute Gasteiger partial charge is 0.265 e. The number of fused-ring (bicyclic) bond motifs is 1. The minimum Gasteiger partial charge on any atom is -0.480 e. The molecule has 5 aromatic rings. The minimum atomic E-state index is -0.418. The number of nitrogens with zero attached hydrogens (tertiary/aromatic N) is 6. The molecule has 4 N–H and O–H groups in total. The summed E-state index contributed by atoms with van der Waals surface area (Å²) in [6, 6.07) is 8.94. The normalized spacial score (nSPS) is 12.1. The predicted molar refractivity (Wildman–Crippen MR) is 129 cm³/mol. The van der Waals surface area contributed by atoms with Crippen molar-refractivity contribution in [2.75, 3.05) is 18.2 Å². The number of hydrogen-bond acceptors (Lipinski definition) is 10. The Balaban J connectivity index is 1.67. The Labute approximate surface area is 199 Å². The van der Waals surface area contributed by atoms with Crippen molar-refractivity contribution < 1.29 is 9.26 Å². The standard InChI is InChI=1S/C23H23N9O3/c1-11-6-5-7-14-8-15(32(23(33)18(11)14)16-9-17(34-4)30-29-16)12(2)27-21-19(20(24)25-10-26-21)22-28-13(3)31-35-22/h5-10,12H,1-4H3,(H,29,30)(H3,24,25,26,27). The monoisotopic (exact) mass is 473 g/mol. The highest BCUT2D eigenvalue weighted by molar-refractivity contribution is 5.86. The molecule has 4 aromatic heterocycles. The summed E-state index contributed by atoms with van der Waals surface area (Å²) >= 11 is 0. The number of ether oxygens (including phenoxy) is 1. The van der Waals surface area contributed by atoms with E-state index < -0.39 is 6.04 Å². The molecule has 0 spiro atoms. The molecule has 35 heavy (non-hydrogen) atoms. The van der Waals surface area contributed by atoms with Gasteiger partial charge in [0, 0.05) is 6.07 Å². The highest BCUT2D eigenvalue weighted by Crippen LogP contribution is 2.32. The largest absolute Gasteiger partial charge is 0.480 e. The van der Waals surface area contributed by atoms with Crippen molar-refractivity contribution in [2.24, 2.45) is 0 Å². The van der Waals surface area contributed by atoms with Crippen LogP contribution in [0.5, 0.6) is 5.88 Å². The number of aromatic amines is 1. The van der Waals surface area contributed by atoms with Gasteiger partial charge in [0.25, 0.3) is 11.4 Å². The molecule has 0 bridgehead atoms. The lowest BCUT2D eigenvalue weighted by Crippen LogP contribution is -2.26. The predicted octanol–water partition coefficient (Wildman–Crippen LogP) is 2.93. The number of nitrogen functional groups attached to an aromatic ring is 1. The van der Waals surface area contributed by atoms with Gasteiger partial charge < -0.3 is 20.3 Å². The number of nitrogens with two attached hydrogens (primary N) is 1. The molecule has 1 atom stereocenters. The Morgan fingerprint density at radius 3 is 2.77 bits per heavy atom. The highest BCUT2D eigenvalue weighted by Gasteiger charge is 2.23. The van der Waals surface area contributed by atoms with Crippen LogP contribution in [0.2, 0.25) is 0 Å². The molecule has 0 fully saturated rings. The molecule has 0 radical (unpaired) electrons. The van der Waals surface area contributed by atoms with Crippen LogP contribution >= 0.6 is 0 Å². The number of anilines is 2. The third kappa shape index (κ3) is 3.84. The number of benzene rings is 1. The lowest BCUT2D eigenvalue weighted by molar-refractivity contribution is 0.397. The van der Waals surface area contributed by atoms with E-state index in [1.807, 2.05) is 38.1 Å². The first-order chi connectivity index (χ1) is 16.9. The molecule has 12 nitrogen and oxygen atoms in total. The third-order valence-electron chi connectivity index (χ3n) is 5.69. The maximum Gasteiger partial charge on any atom is 0.265 e. The van der Waals surface area contributed by atoms with Gasteiger partial charge in [-0.05, 0) is 37.8 Å². The fraction of sp³-hybridized carbons (Fsp3) is 0.217. The number of H-pyrrole nitrogens is 1. The number of pyridine rings is 1. The van der Waals surface area contributed by atoms with Crippen molar-refractivity contribution in [1.82, 2.24) is 34.9 Å². The van der Waals surface area contributed by atoms with Crippen LogP contribution in [-0.4, -0.2) is 42.0 Å². The van der Waals surface area contributed by atoms with Gasteiger partial charge >= 0.3 is 0 Å². The molecule has 0 saturated heterocycles. The summed E-state index contributed by atoms with van der Waals surface area (Å²) in [4.78, 5) is 26.4. The van der Waals surface area contributed by atoms with Crippen LogP contribution in [0.4, 0.5) is 11.6 Å². The Morgan fingerprint density at radius 1 is 1.23 bits per heavy atom. The molecule has 0 amide bonds. The van der Waals surface area contributed by atoms with Gasteiger partial charge in [0.1, 0.15) is 29.3 Å². The van der Waals surface area contributed by atoms with Gasteiger partial charge in [-0.1, -0.05) is 23.4 Å². The van der Waals surface area contributed by atoms with E-state index in [2.05, 4.69) is 35.6 Å². The van der Waals surface area contributed by atoms with Gasteiger partial charge in [-0.2, -0.15) is 4.98 Å². The maximum atomic E-state index is 13.7. The van der Waals surface area contributed by atoms with E-state index in [4.69, 9.17) is 15.0 Å². The van der Waals surface area contributed by atoms with E-state index in [1.165, 1.54) is 13.4 Å². The molecule has 4 heterocycles. The number of methoxy groups -OCH3 is 1. The van der Waals surface area contributed by atoms with Gasteiger partial charge in [-0.3, -0.25) is 14.5 Å². The second-order valence-electron chi connectivity index (χ2n) is 8.04. The first-order valence-corrected chi connectivity index (χ1v) is 10.8. The van der Waals surface area contributed by atoms with Crippen LogP contribution in [0.3, 0.4) is 0 Å². The van der Waals surface area contributed by atoms with Crippen LogP contribution in [-0.2, 0) is 0 Å². The fourth-order valence-electron chi connectivity index (χ4n) is 4.03. The molecule has 1 aromatic carbocycles. The quantitative estimate of drug-likeness (QED) is 0.334. The Kier molecular flexibility index (Phi) is 5.40. The van der Waals surface area contributed by atoms with E-state index in [0.717, 1.165) is 10.9 Å². The fourth-order valence-corrected chi connectivity index (χ4v) is 4.03. The lowest BCUT2D eigenvalue weighted by atomic mass is 10.0. The van der Waals surface area contributed by atoms with Crippen molar-refractivity contribution in [3.05, 3.63) is 64.1 Å². The maximum absolute atomic E-state index is 13.7. The summed E-state index contributed by atoms with van der Waals surface area (Å²) in [5.41, 5.74) is 7.85. The second kappa shape index (κ2) is 8.56. The van der Waals surface area contributed by atoms with Gasteiger partial charge in [0.15, 0.2) is 5.82 Å². The number of nitrogens with one attached hydrogen (secondary N) is 2. The van der Waals surface area contributed by atoms with Gasteiger partial charge in [-0.15, -0.1) is 5.10 Å². The number of hydrogen-bond donors (Lipinski definition) is 3. The topological polar surface area (TPSA) is 163 Å². The first-order valence-electron chi connectivity index (χ1n) is 10.8. The molecular weight excluding hydrogens is 450 g/mol. The molecule has 0 saturated carbocycles. The zero-order chi connectivity index (χ0) is 24.7. The van der Waals surface area contributed by atoms with E-state index in [1.54, 1.807) is 17.6 Å². The summed E-state index contributed by atoms with van der Waals surface area (Å²) in [7, 11) is 1.51. The zero-order valence-electron chi connectivity index (χ0n) is 19.5. The first kappa shape index (κ1) is 22.1. The Hall–Kier alpha value is -4.74. The molecular formula is C23H23N9O3. The Morgan fingerprint density at radius 2 is 2.06 bits per heavy atom. The average Bonchev–Trinajstić information content (AvgIpc) is 3.48. The highest BCUT2D eigenvalue weighted by atomic mass is 16.5. The molecule has 5 rings (SSSR count). The van der Waals surface area contributed by atoms with Crippen molar-refractivity contribution >= 4 is 22.4 Å². The zero-order valence-corrected chi connectivity index (χ0v) is 19.5. The Bertz CT molecular complexity index is 1600. The van der Waals surface area contributed by atoms with E-state index in [-0.39, 0.29) is 17.3 Å². The van der Waals surface area contributed by atoms with Gasteiger partial charge in [0.05, 0.1) is 24.2 Å². The molecule has 12 heteroatoms. The number of aryl methyl sites for hydroxylation is 2. The van der Waals surface area contributed by atoms with E-state index in [0.29, 0.717) is 40.0 Å². The third-order valence-corrected chi connectivity index (χ3v) is 5.69. The van der Waals surface area contributed by atoms with Crippen LogP contribution in [0.25, 0.3) is 28.0 Å². The van der Waals surface area contributed by atoms with Gasteiger partial charge in [-0.25, -0.2) is 9.97 Å². The second-order valence-corrected chi connectivity index (χ2v) is 8.04. The molecule has 0 aliphatic carbocycles.